The number of hydrogen-bond donors (Lipinski definition) is 2. The van der Waals surface area contributed by atoms with Crippen LogP contribution in [-0.4, -0.2) is 37.6 Å². The summed E-state index contributed by atoms with van der Waals surface area (Å²) in [5.74, 6) is -0.149. The first-order chi connectivity index (χ1) is 14.0. The molecule has 2 aromatic rings. The van der Waals surface area contributed by atoms with Gasteiger partial charge in [-0.1, -0.05) is 0 Å². The fourth-order valence-electron chi connectivity index (χ4n) is 5.21. The molecule has 2 fully saturated rings. The Morgan fingerprint density at radius 1 is 1.21 bits per heavy atom. The Bertz CT molecular complexity index is 940. The van der Waals surface area contributed by atoms with Gasteiger partial charge in [0.1, 0.15) is 11.7 Å². The monoisotopic (exact) mass is 389 g/mol. The molecule has 0 radical (unpaired) electrons. The Kier molecular flexibility index (Phi) is 5.40. The third kappa shape index (κ3) is 3.55. The van der Waals surface area contributed by atoms with E-state index in [1.165, 1.54) is 31.5 Å². The average molecular weight is 390 g/mol. The summed E-state index contributed by atoms with van der Waals surface area (Å²) in [7, 11) is 0. The van der Waals surface area contributed by atoms with E-state index >= 15 is 0 Å². The molecule has 2 aromatic carbocycles. The maximum absolute atomic E-state index is 12.6. The van der Waals surface area contributed by atoms with Gasteiger partial charge in [-0.05, 0) is 49.7 Å². The maximum Gasteiger partial charge on any atom is 0.255 e. The van der Waals surface area contributed by atoms with Crippen LogP contribution >= 0.6 is 0 Å². The van der Waals surface area contributed by atoms with Crippen LogP contribution in [0, 0.1) is 18.3 Å². The lowest BCUT2D eigenvalue weighted by molar-refractivity contribution is 0.102. The second-order valence-corrected chi connectivity index (χ2v) is 8.43. The normalized spacial score (nSPS) is 26.2. The first kappa shape index (κ1) is 19.6. The molecule has 1 amide bonds. The van der Waals surface area contributed by atoms with Crippen molar-refractivity contribution in [3.05, 3.63) is 59.2 Å². The van der Waals surface area contributed by atoms with Crippen LogP contribution in [0.5, 0.6) is 0 Å². The van der Waals surface area contributed by atoms with Gasteiger partial charge in [-0.25, -0.2) is 0 Å². The van der Waals surface area contributed by atoms with Crippen molar-refractivity contribution in [1.82, 2.24) is 9.80 Å². The van der Waals surface area contributed by atoms with Gasteiger partial charge in [0.05, 0.1) is 24.2 Å². The predicted molar refractivity (Wildman–Crippen MR) is 117 cm³/mol. The number of carbonyl (C=O) groups excluding carboxylic acids is 1. The van der Waals surface area contributed by atoms with E-state index in [0.717, 1.165) is 28.8 Å². The molecule has 5 nitrogen and oxygen atoms in total. The summed E-state index contributed by atoms with van der Waals surface area (Å²) in [4.78, 5) is 12.6. The predicted octanol–water partition coefficient (Wildman–Crippen LogP) is 3.97. The minimum absolute atomic E-state index is 0.149. The topological polar surface area (TPSA) is 64.9 Å². The van der Waals surface area contributed by atoms with Crippen LogP contribution in [0.15, 0.2) is 42.5 Å². The summed E-state index contributed by atoms with van der Waals surface area (Å²) in [5, 5.41) is 15.5. The molecule has 3 unspecified atom stereocenters. The molecule has 29 heavy (non-hydrogen) atoms. The van der Waals surface area contributed by atoms with E-state index in [4.69, 9.17) is 5.26 Å². The van der Waals surface area contributed by atoms with Crippen LogP contribution in [0.3, 0.4) is 0 Å². The van der Waals surface area contributed by atoms with Crippen molar-refractivity contribution in [2.24, 2.45) is 0 Å². The van der Waals surface area contributed by atoms with E-state index in [2.05, 4.69) is 48.7 Å². The summed E-state index contributed by atoms with van der Waals surface area (Å²) in [6.45, 7) is 7.85. The van der Waals surface area contributed by atoms with Crippen molar-refractivity contribution in [1.29, 1.82) is 5.26 Å². The van der Waals surface area contributed by atoms with Gasteiger partial charge >= 0.3 is 0 Å². The van der Waals surface area contributed by atoms with Gasteiger partial charge in [0, 0.05) is 55.7 Å². The lowest BCUT2D eigenvalue weighted by Gasteiger charge is -2.43. The Hall–Kier alpha value is -2.68. The van der Waals surface area contributed by atoms with Crippen molar-refractivity contribution in [2.75, 3.05) is 25.0 Å². The highest BCUT2D eigenvalue weighted by Crippen LogP contribution is 2.40. The maximum atomic E-state index is 12.6. The van der Waals surface area contributed by atoms with Gasteiger partial charge in [-0.2, -0.15) is 5.26 Å². The third-order valence-corrected chi connectivity index (χ3v) is 6.84. The summed E-state index contributed by atoms with van der Waals surface area (Å²) in [6.07, 6.45) is 3.77. The van der Waals surface area contributed by atoms with E-state index in [1.807, 2.05) is 0 Å². The van der Waals surface area contributed by atoms with Gasteiger partial charge in [-0.15, -0.1) is 0 Å². The molecule has 0 aromatic heterocycles. The number of amides is 1. The van der Waals surface area contributed by atoms with E-state index < -0.39 is 0 Å². The Labute approximate surface area is 172 Å². The molecule has 2 aliphatic rings. The summed E-state index contributed by atoms with van der Waals surface area (Å²) in [5.41, 5.74) is 4.42. The molecule has 2 aliphatic heterocycles. The van der Waals surface area contributed by atoms with E-state index in [1.54, 1.807) is 24.3 Å². The van der Waals surface area contributed by atoms with Crippen molar-refractivity contribution < 1.29 is 4.79 Å². The SMILES string of the molecule is Cc1cc([N+]2(C3CCNC3)CCCC2C)ccc1NC(=O)c1ccc(C#N)cc1. The molecule has 0 spiro atoms. The van der Waals surface area contributed by atoms with E-state index in [9.17, 15) is 4.79 Å². The third-order valence-electron chi connectivity index (χ3n) is 6.84. The van der Waals surface area contributed by atoms with Crippen molar-refractivity contribution in [2.45, 2.75) is 45.2 Å². The van der Waals surface area contributed by atoms with Crippen LogP contribution in [0.25, 0.3) is 0 Å². The molecular weight excluding hydrogens is 360 g/mol. The summed E-state index contributed by atoms with van der Waals surface area (Å²) in [6, 6.07) is 16.6. The second-order valence-electron chi connectivity index (χ2n) is 8.43. The number of hydrogen-bond acceptors (Lipinski definition) is 3. The highest BCUT2D eigenvalue weighted by molar-refractivity contribution is 6.04. The van der Waals surface area contributed by atoms with Crippen LogP contribution in [-0.2, 0) is 0 Å². The van der Waals surface area contributed by atoms with E-state index in [-0.39, 0.29) is 5.91 Å². The van der Waals surface area contributed by atoms with Crippen molar-refractivity contribution in [3.63, 3.8) is 0 Å². The first-order valence-corrected chi connectivity index (χ1v) is 10.6. The van der Waals surface area contributed by atoms with Crippen molar-refractivity contribution in [3.8, 4) is 6.07 Å². The smallest absolute Gasteiger partial charge is 0.255 e. The minimum atomic E-state index is -0.149. The number of rotatable bonds is 4. The highest BCUT2D eigenvalue weighted by Gasteiger charge is 2.48. The number of benzene rings is 2. The molecule has 5 heteroatoms. The summed E-state index contributed by atoms with van der Waals surface area (Å²) >= 11 is 0. The standard InChI is InChI=1S/C24H28N4O/c1-17-14-21(28(13-3-4-18(28)2)22-11-12-26-16-22)9-10-23(17)27-24(29)20-7-5-19(15-25)6-8-20/h5-10,14,18,22,26H,3-4,11-13,16H2,1-2H3/p+1. The largest absolute Gasteiger partial charge is 0.322 e. The number of likely N-dealkylation sites (tertiary alicyclic amines) is 1. The van der Waals surface area contributed by atoms with Crippen LogP contribution in [0.2, 0.25) is 0 Å². The van der Waals surface area contributed by atoms with Crippen LogP contribution in [0.4, 0.5) is 11.4 Å². The Morgan fingerprint density at radius 3 is 2.59 bits per heavy atom. The molecule has 0 saturated carbocycles. The van der Waals surface area contributed by atoms with Crippen LogP contribution < -0.4 is 15.1 Å². The number of nitrogens with zero attached hydrogens (tertiary/aromatic N) is 2. The first-order valence-electron chi connectivity index (χ1n) is 10.6. The van der Waals surface area contributed by atoms with Gasteiger partial charge in [-0.3, -0.25) is 9.28 Å². The number of carbonyl (C=O) groups is 1. The second kappa shape index (κ2) is 7.98. The minimum Gasteiger partial charge on any atom is -0.322 e. The molecule has 0 aliphatic carbocycles. The van der Waals surface area contributed by atoms with Crippen LogP contribution in [0.1, 0.15) is 47.7 Å². The molecule has 4 rings (SSSR count). The van der Waals surface area contributed by atoms with Crippen molar-refractivity contribution >= 4 is 17.3 Å². The lowest BCUT2D eigenvalue weighted by atomic mass is 10.0. The van der Waals surface area contributed by atoms with E-state index in [0.29, 0.717) is 23.2 Å². The zero-order valence-electron chi connectivity index (χ0n) is 17.2. The number of quaternary nitrogens is 1. The zero-order valence-corrected chi connectivity index (χ0v) is 17.2. The molecule has 0 bridgehead atoms. The molecule has 150 valence electrons. The zero-order chi connectivity index (χ0) is 20.4. The Morgan fingerprint density at radius 2 is 2.00 bits per heavy atom. The number of nitriles is 1. The quantitative estimate of drug-likeness (QED) is 0.778. The average Bonchev–Trinajstić information content (AvgIpc) is 3.40. The molecule has 2 heterocycles. The molecular formula is C24H29N4O+. The Balaban J connectivity index is 1.58. The molecule has 2 N–H and O–H groups in total. The fraction of sp³-hybridized carbons (Fsp3) is 0.417. The highest BCUT2D eigenvalue weighted by atomic mass is 16.1. The lowest BCUT2D eigenvalue weighted by Crippen LogP contribution is -2.59. The number of nitrogens with one attached hydrogen (secondary N) is 2. The van der Waals surface area contributed by atoms with Gasteiger partial charge in [0.25, 0.3) is 5.91 Å². The fourth-order valence-corrected chi connectivity index (χ4v) is 5.21. The summed E-state index contributed by atoms with van der Waals surface area (Å²) < 4.78 is 1.07. The number of anilines is 1. The molecule has 2 saturated heterocycles. The van der Waals surface area contributed by atoms with Gasteiger partial charge in [0.15, 0.2) is 0 Å². The number of aryl methyl sites for hydroxylation is 1. The van der Waals surface area contributed by atoms with Gasteiger partial charge in [0.2, 0.25) is 0 Å². The molecule has 3 atom stereocenters. The van der Waals surface area contributed by atoms with Gasteiger partial charge < -0.3 is 10.6 Å².